The highest BCUT2D eigenvalue weighted by Gasteiger charge is 2.32. The molecule has 0 bridgehead atoms. The van der Waals surface area contributed by atoms with Gasteiger partial charge in [-0.3, -0.25) is 4.57 Å². The number of hydrogen-bond acceptors (Lipinski definition) is 4. The van der Waals surface area contributed by atoms with Crippen molar-refractivity contribution in [1.82, 2.24) is 9.55 Å². The Labute approximate surface area is 397 Å². The molecule has 0 unspecified atom stereocenters. The highest BCUT2D eigenvalue weighted by molar-refractivity contribution is 6.10. The average Bonchev–Trinajstić information content (AvgIpc) is 3.87. The van der Waals surface area contributed by atoms with E-state index in [0.717, 1.165) is 39.4 Å². The number of hydrogen-bond donors (Lipinski definition) is 0. The molecule has 9 aromatic rings. The van der Waals surface area contributed by atoms with Gasteiger partial charge in [0.15, 0.2) is 0 Å². The molecule has 5 nitrogen and oxygen atoms in total. The van der Waals surface area contributed by atoms with Crippen molar-refractivity contribution in [2.45, 2.75) is 90.9 Å². The fourth-order valence-electron chi connectivity index (χ4n) is 9.83. The fourth-order valence-corrected chi connectivity index (χ4v) is 9.83. The van der Waals surface area contributed by atoms with Crippen LogP contribution in [0.1, 0.15) is 103 Å². The van der Waals surface area contributed by atoms with Crippen molar-refractivity contribution in [2.24, 2.45) is 0 Å². The normalized spacial score (nSPS) is 13.4. The molecule has 0 atom stereocenters. The lowest BCUT2D eigenvalue weighted by Gasteiger charge is -2.29. The Morgan fingerprint density at radius 2 is 0.970 bits per heavy atom. The number of ether oxygens (including phenoxy) is 1. The summed E-state index contributed by atoms with van der Waals surface area (Å²) < 4.78 is 9.18. The number of fused-ring (bicyclic) bond motifs is 4. The van der Waals surface area contributed by atoms with Crippen molar-refractivity contribution in [3.05, 3.63) is 216 Å². The van der Waals surface area contributed by atoms with Crippen LogP contribution in [0.5, 0.6) is 11.5 Å². The zero-order valence-electron chi connectivity index (χ0n) is 40.7. The van der Waals surface area contributed by atoms with Gasteiger partial charge in [0.25, 0.3) is 0 Å². The van der Waals surface area contributed by atoms with Gasteiger partial charge in [-0.25, -0.2) is 4.98 Å². The van der Waals surface area contributed by atoms with Crippen molar-refractivity contribution in [1.29, 1.82) is 0 Å². The lowest BCUT2D eigenvalue weighted by Crippen LogP contribution is -2.25. The number of rotatable bonds is 9. The molecule has 2 aromatic heterocycles. The molecule has 3 heterocycles. The van der Waals surface area contributed by atoms with Crippen LogP contribution in [-0.2, 0) is 21.7 Å². The second-order valence-electron chi connectivity index (χ2n) is 21.5. The molecule has 0 spiro atoms. The number of pyridine rings is 1. The molecule has 0 saturated carbocycles. The van der Waals surface area contributed by atoms with E-state index in [1.54, 1.807) is 0 Å². The van der Waals surface area contributed by atoms with E-state index in [9.17, 15) is 0 Å². The second-order valence-corrected chi connectivity index (χ2v) is 21.5. The molecule has 336 valence electrons. The monoisotopic (exact) mass is 878 g/mol. The Balaban J connectivity index is 1.03. The predicted octanol–water partition coefficient (Wildman–Crippen LogP) is 16.5. The molecular formula is C62H62N4O. The summed E-state index contributed by atoms with van der Waals surface area (Å²) >= 11 is 0. The highest BCUT2D eigenvalue weighted by Crippen LogP contribution is 2.48. The van der Waals surface area contributed by atoms with Crippen molar-refractivity contribution in [3.63, 3.8) is 0 Å². The van der Waals surface area contributed by atoms with E-state index in [1.807, 2.05) is 6.20 Å². The number of anilines is 4. The van der Waals surface area contributed by atoms with E-state index in [-0.39, 0.29) is 21.7 Å². The topological polar surface area (TPSA) is 33.5 Å². The maximum Gasteiger partial charge on any atom is 0.137 e. The third-order valence-electron chi connectivity index (χ3n) is 14.2. The standard InChI is InChI=1S/C62H62N4O/c1-59(2,3)44-27-32-55-57(37-44)65(48-24-17-23-46(35-48)61(7,8)42-19-13-11-14-20-42)41-64(55)49-25-18-26-50(39-49)67-51-29-30-52-53-36-47(62(9,10)43-21-15-12-16-22-43)28-31-54(53)66(56(52)40-51)58-38-45(33-34-63-58)60(4,5)6/h11-40H,41H2,1-10H3. The lowest BCUT2D eigenvalue weighted by molar-refractivity contribution is 0.483. The van der Waals surface area contributed by atoms with E-state index in [1.165, 1.54) is 55.8 Å². The lowest BCUT2D eigenvalue weighted by atomic mass is 9.78. The molecule has 0 N–H and O–H groups in total. The molecule has 5 heteroatoms. The Hall–Kier alpha value is -7.11. The van der Waals surface area contributed by atoms with Gasteiger partial charge in [-0.05, 0) is 117 Å². The first kappa shape index (κ1) is 43.8. The van der Waals surface area contributed by atoms with E-state index < -0.39 is 0 Å². The van der Waals surface area contributed by atoms with Crippen LogP contribution in [0.25, 0.3) is 27.6 Å². The van der Waals surface area contributed by atoms with E-state index in [4.69, 9.17) is 9.72 Å². The van der Waals surface area contributed by atoms with Crippen molar-refractivity contribution in [2.75, 3.05) is 16.5 Å². The maximum atomic E-state index is 6.87. The average molecular weight is 879 g/mol. The van der Waals surface area contributed by atoms with Crippen molar-refractivity contribution in [3.8, 4) is 17.3 Å². The third-order valence-corrected chi connectivity index (χ3v) is 14.2. The van der Waals surface area contributed by atoms with Gasteiger partial charge >= 0.3 is 0 Å². The van der Waals surface area contributed by atoms with Gasteiger partial charge in [-0.2, -0.15) is 0 Å². The Morgan fingerprint density at radius 1 is 0.403 bits per heavy atom. The van der Waals surface area contributed by atoms with Gasteiger partial charge in [-0.1, -0.05) is 160 Å². The van der Waals surface area contributed by atoms with E-state index in [2.05, 4.69) is 260 Å². The number of benzene rings is 7. The van der Waals surface area contributed by atoms with Gasteiger partial charge in [0, 0.05) is 51.3 Å². The van der Waals surface area contributed by atoms with Gasteiger partial charge in [-0.15, -0.1) is 0 Å². The molecular weight excluding hydrogens is 817 g/mol. The number of nitrogens with zero attached hydrogens (tertiary/aromatic N) is 4. The largest absolute Gasteiger partial charge is 0.457 e. The minimum Gasteiger partial charge on any atom is -0.457 e. The Kier molecular flexibility index (Phi) is 10.7. The first-order valence-corrected chi connectivity index (χ1v) is 23.7. The molecule has 0 radical (unpaired) electrons. The van der Waals surface area contributed by atoms with Crippen molar-refractivity contribution < 1.29 is 4.74 Å². The summed E-state index contributed by atoms with van der Waals surface area (Å²) in [6.45, 7) is 23.5. The molecule has 1 aliphatic rings. The van der Waals surface area contributed by atoms with E-state index >= 15 is 0 Å². The summed E-state index contributed by atoms with van der Waals surface area (Å²) in [4.78, 5) is 9.86. The van der Waals surface area contributed by atoms with Crippen LogP contribution in [0.3, 0.4) is 0 Å². The summed E-state index contributed by atoms with van der Waals surface area (Å²) in [5.41, 5.74) is 14.1. The Bertz CT molecular complexity index is 3280. The second kappa shape index (κ2) is 16.3. The zero-order chi connectivity index (χ0) is 46.9. The fraction of sp³-hybridized carbons (Fsp3) is 0.242. The SMILES string of the molecule is CC(C)(C)c1ccnc(-n2c3ccc(C(C)(C)c4ccccc4)cc3c3ccc(Oc4cccc(N5CN(c6cccc(C(C)(C)c7ccccc7)c6)c6cc(C(C)(C)C)ccc65)c4)cc32)c1. The Morgan fingerprint density at radius 3 is 1.64 bits per heavy atom. The van der Waals surface area contributed by atoms with E-state index in [0.29, 0.717) is 6.67 Å². The highest BCUT2D eigenvalue weighted by atomic mass is 16.5. The summed E-state index contributed by atoms with van der Waals surface area (Å²) in [5, 5.41) is 2.35. The quantitative estimate of drug-likeness (QED) is 0.145. The minimum atomic E-state index is -0.187. The smallest absolute Gasteiger partial charge is 0.137 e. The third kappa shape index (κ3) is 8.05. The summed E-state index contributed by atoms with van der Waals surface area (Å²) in [6.07, 6.45) is 1.94. The molecule has 7 aromatic carbocycles. The zero-order valence-corrected chi connectivity index (χ0v) is 40.7. The van der Waals surface area contributed by atoms with Crippen LogP contribution in [0.2, 0.25) is 0 Å². The molecule has 0 saturated heterocycles. The van der Waals surface area contributed by atoms with Gasteiger partial charge in [0.1, 0.15) is 24.0 Å². The van der Waals surface area contributed by atoms with Crippen LogP contribution in [-0.4, -0.2) is 16.2 Å². The number of aromatic nitrogens is 2. The molecule has 67 heavy (non-hydrogen) atoms. The summed E-state index contributed by atoms with van der Waals surface area (Å²) in [6, 6.07) is 64.0. The van der Waals surface area contributed by atoms with Crippen LogP contribution in [0.4, 0.5) is 22.7 Å². The van der Waals surface area contributed by atoms with Crippen LogP contribution in [0, 0.1) is 0 Å². The first-order chi connectivity index (χ1) is 32.0. The molecule has 0 aliphatic carbocycles. The van der Waals surface area contributed by atoms with Crippen LogP contribution >= 0.6 is 0 Å². The predicted molar refractivity (Wildman–Crippen MR) is 282 cm³/mol. The molecule has 0 fully saturated rings. The summed E-state index contributed by atoms with van der Waals surface area (Å²) in [7, 11) is 0. The van der Waals surface area contributed by atoms with Gasteiger partial charge < -0.3 is 14.5 Å². The molecule has 10 rings (SSSR count). The minimum absolute atomic E-state index is 0.00166. The van der Waals surface area contributed by atoms with Crippen LogP contribution < -0.4 is 14.5 Å². The molecule has 0 amide bonds. The van der Waals surface area contributed by atoms with Gasteiger partial charge in [0.05, 0.1) is 22.4 Å². The van der Waals surface area contributed by atoms with Crippen LogP contribution in [0.15, 0.2) is 182 Å². The van der Waals surface area contributed by atoms with Crippen molar-refractivity contribution >= 4 is 44.6 Å². The molecule has 1 aliphatic heterocycles. The first-order valence-electron chi connectivity index (χ1n) is 23.7. The summed E-state index contributed by atoms with van der Waals surface area (Å²) in [5.74, 6) is 2.43. The maximum absolute atomic E-state index is 6.87. The van der Waals surface area contributed by atoms with Gasteiger partial charge in [0.2, 0.25) is 0 Å².